The van der Waals surface area contributed by atoms with Crippen LogP contribution in [0.15, 0.2) is 0 Å². The van der Waals surface area contributed by atoms with Crippen molar-refractivity contribution in [1.82, 2.24) is 5.32 Å². The molecule has 2 aliphatic carbocycles. The van der Waals surface area contributed by atoms with Gasteiger partial charge in [-0.15, -0.1) is 12.4 Å². The fourth-order valence-corrected chi connectivity index (χ4v) is 4.07. The van der Waals surface area contributed by atoms with Crippen LogP contribution in [0.1, 0.15) is 38.5 Å². The molecule has 1 amide bonds. The van der Waals surface area contributed by atoms with Crippen LogP contribution < -0.4 is 11.1 Å². The number of fused-ring (bicyclic) bond motifs is 2. The van der Waals surface area contributed by atoms with E-state index in [2.05, 4.69) is 5.32 Å². The van der Waals surface area contributed by atoms with E-state index in [1.807, 2.05) is 0 Å². The Labute approximate surface area is 121 Å². The number of carbonyl (C=O) groups is 1. The highest BCUT2D eigenvalue weighted by Crippen LogP contribution is 2.47. The summed E-state index contributed by atoms with van der Waals surface area (Å²) in [6, 6.07) is 0.400. The largest absolute Gasteiger partial charge is 0.381 e. The Kier molecular flexibility index (Phi) is 5.09. The normalized spacial score (nSPS) is 41.4. The maximum absolute atomic E-state index is 12.4. The van der Waals surface area contributed by atoms with Crippen LogP contribution in [-0.4, -0.2) is 31.2 Å². The van der Waals surface area contributed by atoms with Gasteiger partial charge in [0.2, 0.25) is 5.91 Å². The summed E-state index contributed by atoms with van der Waals surface area (Å²) in [5, 5.41) is 3.22. The van der Waals surface area contributed by atoms with Crippen molar-refractivity contribution in [2.75, 3.05) is 13.2 Å². The van der Waals surface area contributed by atoms with Crippen LogP contribution in [0, 0.1) is 17.8 Å². The van der Waals surface area contributed by atoms with E-state index in [-0.39, 0.29) is 30.3 Å². The molecule has 1 heterocycles. The van der Waals surface area contributed by atoms with Gasteiger partial charge in [0.15, 0.2) is 0 Å². The van der Waals surface area contributed by atoms with Crippen molar-refractivity contribution in [2.24, 2.45) is 23.5 Å². The number of ether oxygens (including phenoxy) is 1. The molecule has 0 aromatic carbocycles. The van der Waals surface area contributed by atoms with Crippen LogP contribution >= 0.6 is 12.4 Å². The minimum atomic E-state index is 0. The Morgan fingerprint density at radius 1 is 1.11 bits per heavy atom. The smallest absolute Gasteiger partial charge is 0.225 e. The van der Waals surface area contributed by atoms with Gasteiger partial charge in [-0.1, -0.05) is 0 Å². The van der Waals surface area contributed by atoms with Gasteiger partial charge in [0.25, 0.3) is 0 Å². The third kappa shape index (κ3) is 3.06. The van der Waals surface area contributed by atoms with Gasteiger partial charge in [0, 0.05) is 25.3 Å². The maximum atomic E-state index is 12.4. The average molecular weight is 289 g/mol. The topological polar surface area (TPSA) is 64.4 Å². The number of amides is 1. The number of hydrogen-bond acceptors (Lipinski definition) is 3. The van der Waals surface area contributed by atoms with Crippen LogP contribution in [0.5, 0.6) is 0 Å². The molecule has 1 aliphatic heterocycles. The van der Waals surface area contributed by atoms with E-state index in [9.17, 15) is 4.79 Å². The molecule has 0 aromatic rings. The highest BCUT2D eigenvalue weighted by atomic mass is 35.5. The zero-order chi connectivity index (χ0) is 12.5. The van der Waals surface area contributed by atoms with Gasteiger partial charge >= 0.3 is 0 Å². The lowest BCUT2D eigenvalue weighted by molar-refractivity contribution is -0.127. The Hall–Kier alpha value is -0.320. The first-order valence-corrected chi connectivity index (χ1v) is 7.39. The van der Waals surface area contributed by atoms with Crippen molar-refractivity contribution >= 4 is 18.3 Å². The molecular weight excluding hydrogens is 264 g/mol. The number of nitrogens with one attached hydrogen (secondary N) is 1. The number of hydrogen-bond donors (Lipinski definition) is 2. The zero-order valence-electron chi connectivity index (χ0n) is 11.3. The van der Waals surface area contributed by atoms with Gasteiger partial charge in [0.05, 0.1) is 5.92 Å². The summed E-state index contributed by atoms with van der Waals surface area (Å²) in [5.41, 5.74) is 6.22. The molecular formula is C14H25ClN2O2. The van der Waals surface area contributed by atoms with Gasteiger partial charge in [0.1, 0.15) is 0 Å². The molecule has 3 aliphatic rings. The summed E-state index contributed by atoms with van der Waals surface area (Å²) in [5.74, 6) is 1.43. The molecule has 2 bridgehead atoms. The lowest BCUT2D eigenvalue weighted by atomic mass is 9.84. The molecule has 0 radical (unpaired) electrons. The van der Waals surface area contributed by atoms with Gasteiger partial charge < -0.3 is 15.8 Å². The molecule has 0 spiro atoms. The number of rotatable bonds is 2. The summed E-state index contributed by atoms with van der Waals surface area (Å²) < 4.78 is 5.43. The summed E-state index contributed by atoms with van der Waals surface area (Å²) >= 11 is 0. The van der Waals surface area contributed by atoms with Crippen LogP contribution in [0.3, 0.4) is 0 Å². The van der Waals surface area contributed by atoms with Gasteiger partial charge in [-0.3, -0.25) is 4.79 Å². The average Bonchev–Trinajstić information content (AvgIpc) is 2.83. The van der Waals surface area contributed by atoms with Crippen LogP contribution in [0.4, 0.5) is 0 Å². The molecule has 3 N–H and O–H groups in total. The molecule has 0 aromatic heterocycles. The molecule has 110 valence electrons. The molecule has 2 saturated carbocycles. The van der Waals surface area contributed by atoms with Crippen molar-refractivity contribution in [1.29, 1.82) is 0 Å². The van der Waals surface area contributed by atoms with E-state index < -0.39 is 0 Å². The Bertz CT molecular complexity index is 317. The van der Waals surface area contributed by atoms with E-state index >= 15 is 0 Å². The molecule has 5 unspecified atom stereocenters. The number of nitrogens with two attached hydrogens (primary N) is 1. The maximum Gasteiger partial charge on any atom is 0.225 e. The van der Waals surface area contributed by atoms with Crippen molar-refractivity contribution in [3.63, 3.8) is 0 Å². The van der Waals surface area contributed by atoms with Crippen molar-refractivity contribution in [3.8, 4) is 0 Å². The monoisotopic (exact) mass is 288 g/mol. The van der Waals surface area contributed by atoms with Crippen LogP contribution in [-0.2, 0) is 9.53 Å². The van der Waals surface area contributed by atoms with E-state index in [4.69, 9.17) is 10.5 Å². The van der Waals surface area contributed by atoms with Gasteiger partial charge in [-0.25, -0.2) is 0 Å². The fraction of sp³-hybridized carbons (Fsp3) is 0.929. The predicted octanol–water partition coefficient (Wildman–Crippen LogP) is 1.47. The summed E-state index contributed by atoms with van der Waals surface area (Å²) in [4.78, 5) is 12.4. The predicted molar refractivity (Wildman–Crippen MR) is 76.1 cm³/mol. The molecule has 1 saturated heterocycles. The Balaban J connectivity index is 0.00000133. The minimum Gasteiger partial charge on any atom is -0.381 e. The third-order valence-corrected chi connectivity index (χ3v) is 5.08. The lowest BCUT2D eigenvalue weighted by Crippen LogP contribution is -2.48. The number of carbonyl (C=O) groups excluding carboxylic acids is 1. The minimum absolute atomic E-state index is 0. The SMILES string of the molecule is Cl.NC1C2CCC(C2)C1C(=O)NC1CCCOCC1. The van der Waals surface area contributed by atoms with Crippen molar-refractivity contribution in [3.05, 3.63) is 0 Å². The second-order valence-electron chi connectivity index (χ2n) is 6.19. The molecule has 4 nitrogen and oxygen atoms in total. The van der Waals surface area contributed by atoms with Crippen molar-refractivity contribution < 1.29 is 9.53 Å². The first-order chi connectivity index (χ1) is 8.75. The first-order valence-electron chi connectivity index (χ1n) is 7.39. The summed E-state index contributed by atoms with van der Waals surface area (Å²) in [6.45, 7) is 1.60. The number of halogens is 1. The molecule has 19 heavy (non-hydrogen) atoms. The molecule has 5 heteroatoms. The van der Waals surface area contributed by atoms with Gasteiger partial charge in [-0.2, -0.15) is 0 Å². The van der Waals surface area contributed by atoms with Crippen LogP contribution in [0.25, 0.3) is 0 Å². The van der Waals surface area contributed by atoms with E-state index in [0.29, 0.717) is 17.9 Å². The summed E-state index contributed by atoms with van der Waals surface area (Å²) in [6.07, 6.45) is 6.64. The summed E-state index contributed by atoms with van der Waals surface area (Å²) in [7, 11) is 0. The highest BCUT2D eigenvalue weighted by Gasteiger charge is 2.49. The van der Waals surface area contributed by atoms with Gasteiger partial charge in [-0.05, 0) is 50.4 Å². The fourth-order valence-electron chi connectivity index (χ4n) is 4.07. The molecule has 5 atom stereocenters. The van der Waals surface area contributed by atoms with E-state index in [1.54, 1.807) is 0 Å². The van der Waals surface area contributed by atoms with E-state index in [1.165, 1.54) is 19.3 Å². The Morgan fingerprint density at radius 2 is 1.89 bits per heavy atom. The molecule has 3 fully saturated rings. The quantitative estimate of drug-likeness (QED) is 0.809. The standard InChI is InChI=1S/C14H24N2O2.ClH/c15-13-10-4-3-9(8-10)12(13)14(17)16-11-2-1-6-18-7-5-11;/h9-13H,1-8,15H2,(H,16,17);1H. The molecule has 3 rings (SSSR count). The van der Waals surface area contributed by atoms with Crippen LogP contribution in [0.2, 0.25) is 0 Å². The second-order valence-corrected chi connectivity index (χ2v) is 6.19. The second kappa shape index (κ2) is 6.42. The zero-order valence-corrected chi connectivity index (χ0v) is 12.2. The highest BCUT2D eigenvalue weighted by molar-refractivity contribution is 5.85. The van der Waals surface area contributed by atoms with E-state index in [0.717, 1.165) is 32.5 Å². The Morgan fingerprint density at radius 3 is 2.63 bits per heavy atom. The van der Waals surface area contributed by atoms with Crippen molar-refractivity contribution in [2.45, 2.75) is 50.6 Å². The third-order valence-electron chi connectivity index (χ3n) is 5.08. The first kappa shape index (κ1) is 15.1. The lowest BCUT2D eigenvalue weighted by Gasteiger charge is -2.28.